The molecule has 0 aliphatic rings. The summed E-state index contributed by atoms with van der Waals surface area (Å²) < 4.78 is 0. The number of rotatable bonds is 6. The summed E-state index contributed by atoms with van der Waals surface area (Å²) >= 11 is 0. The van der Waals surface area contributed by atoms with Crippen LogP contribution >= 0.6 is 0 Å². The first-order valence-corrected chi connectivity index (χ1v) is 6.41. The van der Waals surface area contributed by atoms with Crippen LogP contribution in [0.3, 0.4) is 0 Å². The van der Waals surface area contributed by atoms with Crippen molar-refractivity contribution in [3.8, 4) is 0 Å². The number of non-ortho nitro benzene ring substituents is 1. The lowest BCUT2D eigenvalue weighted by molar-refractivity contribution is -0.384. The van der Waals surface area contributed by atoms with Crippen LogP contribution in [-0.4, -0.2) is 23.5 Å². The van der Waals surface area contributed by atoms with E-state index < -0.39 is 0 Å². The molecule has 20 heavy (non-hydrogen) atoms. The monoisotopic (exact) mass is 271 g/mol. The fraction of sp³-hybridized carbons (Fsp3) is 0.200. The summed E-state index contributed by atoms with van der Waals surface area (Å²) in [7, 11) is 1.97. The molecule has 2 aromatic carbocycles. The maximum Gasteiger partial charge on any atom is 0.269 e. The number of likely N-dealkylation sites (N-methyl/N-ethyl adjacent to an activating group) is 1. The van der Waals surface area contributed by atoms with E-state index in [9.17, 15) is 10.1 Å². The first kappa shape index (κ1) is 14.0. The molecule has 2 aromatic rings. The smallest absolute Gasteiger partial charge is 0.269 e. The van der Waals surface area contributed by atoms with Crippen molar-refractivity contribution >= 4 is 11.4 Å². The van der Waals surface area contributed by atoms with Gasteiger partial charge in [-0.15, -0.1) is 0 Å². The molecule has 2 rings (SSSR count). The summed E-state index contributed by atoms with van der Waals surface area (Å²) in [6.07, 6.45) is 0.828. The van der Waals surface area contributed by atoms with E-state index in [-0.39, 0.29) is 10.6 Å². The number of nitrogens with one attached hydrogen (secondary N) is 1. The van der Waals surface area contributed by atoms with Gasteiger partial charge in [-0.05, 0) is 24.1 Å². The van der Waals surface area contributed by atoms with Gasteiger partial charge < -0.3 is 5.43 Å². The molecule has 0 bridgehead atoms. The van der Waals surface area contributed by atoms with Crippen molar-refractivity contribution in [1.29, 1.82) is 0 Å². The van der Waals surface area contributed by atoms with Crippen LogP contribution in [0.4, 0.5) is 11.4 Å². The summed E-state index contributed by atoms with van der Waals surface area (Å²) in [6, 6.07) is 16.6. The largest absolute Gasteiger partial charge is 0.319 e. The minimum Gasteiger partial charge on any atom is -0.319 e. The third-order valence-corrected chi connectivity index (χ3v) is 2.98. The number of hydrazine groups is 1. The van der Waals surface area contributed by atoms with Crippen molar-refractivity contribution in [2.75, 3.05) is 19.0 Å². The zero-order valence-corrected chi connectivity index (χ0v) is 11.3. The maximum atomic E-state index is 10.6. The number of anilines is 1. The van der Waals surface area contributed by atoms with E-state index in [1.807, 2.05) is 42.4 Å². The maximum absolute atomic E-state index is 10.6. The molecule has 0 fully saturated rings. The molecule has 0 atom stereocenters. The van der Waals surface area contributed by atoms with Gasteiger partial charge in [-0.3, -0.25) is 10.1 Å². The summed E-state index contributed by atoms with van der Waals surface area (Å²) in [5.41, 5.74) is 5.52. The van der Waals surface area contributed by atoms with Crippen LogP contribution in [0.1, 0.15) is 5.56 Å². The van der Waals surface area contributed by atoms with E-state index in [0.717, 1.165) is 24.2 Å². The normalized spacial score (nSPS) is 10.5. The fourth-order valence-corrected chi connectivity index (χ4v) is 1.87. The summed E-state index contributed by atoms with van der Waals surface area (Å²) in [4.78, 5) is 10.2. The number of nitrogens with zero attached hydrogens (tertiary/aromatic N) is 2. The number of hydrogen-bond donors (Lipinski definition) is 1. The Kier molecular flexibility index (Phi) is 4.68. The Morgan fingerprint density at radius 1 is 1.10 bits per heavy atom. The van der Waals surface area contributed by atoms with Gasteiger partial charge in [-0.1, -0.05) is 30.3 Å². The number of benzene rings is 2. The van der Waals surface area contributed by atoms with Crippen molar-refractivity contribution in [2.45, 2.75) is 6.42 Å². The predicted molar refractivity (Wildman–Crippen MR) is 79.5 cm³/mol. The van der Waals surface area contributed by atoms with Crippen LogP contribution in [-0.2, 0) is 6.42 Å². The van der Waals surface area contributed by atoms with Crippen molar-refractivity contribution in [3.63, 3.8) is 0 Å². The average Bonchev–Trinajstić information content (AvgIpc) is 2.46. The molecule has 5 heteroatoms. The fourth-order valence-electron chi connectivity index (χ4n) is 1.87. The minimum absolute atomic E-state index is 0.129. The van der Waals surface area contributed by atoms with Crippen molar-refractivity contribution in [3.05, 3.63) is 70.3 Å². The average molecular weight is 271 g/mol. The molecule has 0 spiro atoms. The highest BCUT2D eigenvalue weighted by Gasteiger charge is 2.04. The molecule has 0 unspecified atom stereocenters. The van der Waals surface area contributed by atoms with Gasteiger partial charge in [0.25, 0.3) is 5.69 Å². The van der Waals surface area contributed by atoms with Crippen LogP contribution in [0.15, 0.2) is 54.6 Å². The Morgan fingerprint density at radius 2 is 1.75 bits per heavy atom. The van der Waals surface area contributed by atoms with Gasteiger partial charge in [0.15, 0.2) is 0 Å². The van der Waals surface area contributed by atoms with Crippen molar-refractivity contribution in [2.24, 2.45) is 0 Å². The topological polar surface area (TPSA) is 58.4 Å². The lowest BCUT2D eigenvalue weighted by Gasteiger charge is -2.19. The highest BCUT2D eigenvalue weighted by Crippen LogP contribution is 2.12. The second kappa shape index (κ2) is 6.68. The van der Waals surface area contributed by atoms with E-state index in [2.05, 4.69) is 5.43 Å². The highest BCUT2D eigenvalue weighted by atomic mass is 16.6. The summed E-state index contributed by atoms with van der Waals surface area (Å²) in [5.74, 6) is 0. The van der Waals surface area contributed by atoms with Gasteiger partial charge in [-0.2, -0.15) is 0 Å². The first-order valence-electron chi connectivity index (χ1n) is 6.41. The Balaban J connectivity index is 1.84. The highest BCUT2D eigenvalue weighted by molar-refractivity contribution is 5.41. The third-order valence-electron chi connectivity index (χ3n) is 2.98. The molecular formula is C15H17N3O2. The van der Waals surface area contributed by atoms with Gasteiger partial charge in [-0.25, -0.2) is 5.01 Å². The number of nitro benzene ring substituents is 1. The zero-order valence-electron chi connectivity index (χ0n) is 11.3. The number of para-hydroxylation sites is 1. The Hall–Kier alpha value is -2.40. The molecule has 0 amide bonds. The Morgan fingerprint density at radius 3 is 2.35 bits per heavy atom. The second-order valence-corrected chi connectivity index (χ2v) is 4.57. The SMILES string of the molecule is CN(CCc1ccc([N+](=O)[O-])cc1)Nc1ccccc1. The molecular weight excluding hydrogens is 254 g/mol. The molecule has 0 saturated carbocycles. The van der Waals surface area contributed by atoms with Crippen LogP contribution in [0.2, 0.25) is 0 Å². The van der Waals surface area contributed by atoms with E-state index in [1.165, 1.54) is 0 Å². The summed E-state index contributed by atoms with van der Waals surface area (Å²) in [5, 5.41) is 12.6. The van der Waals surface area contributed by atoms with Crippen molar-refractivity contribution < 1.29 is 4.92 Å². The van der Waals surface area contributed by atoms with E-state index in [0.29, 0.717) is 0 Å². The Labute approximate surface area is 118 Å². The Bertz CT molecular complexity index is 555. The van der Waals surface area contributed by atoms with Crippen LogP contribution < -0.4 is 5.43 Å². The number of hydrogen-bond acceptors (Lipinski definition) is 4. The molecule has 5 nitrogen and oxygen atoms in total. The molecule has 1 N–H and O–H groups in total. The predicted octanol–water partition coefficient (Wildman–Crippen LogP) is 3.10. The molecule has 104 valence electrons. The second-order valence-electron chi connectivity index (χ2n) is 4.57. The first-order chi connectivity index (χ1) is 9.65. The van der Waals surface area contributed by atoms with Gasteiger partial charge in [0.2, 0.25) is 0 Å². The van der Waals surface area contributed by atoms with E-state index in [1.54, 1.807) is 24.3 Å². The summed E-state index contributed by atoms with van der Waals surface area (Å²) in [6.45, 7) is 0.812. The zero-order chi connectivity index (χ0) is 14.4. The van der Waals surface area contributed by atoms with Gasteiger partial charge in [0.1, 0.15) is 0 Å². The quantitative estimate of drug-likeness (QED) is 0.648. The van der Waals surface area contributed by atoms with Gasteiger partial charge in [0.05, 0.1) is 4.92 Å². The standard InChI is InChI=1S/C15H17N3O2/c1-17(16-14-5-3-2-4-6-14)12-11-13-7-9-15(10-8-13)18(19)20/h2-10,16H,11-12H2,1H3. The lowest BCUT2D eigenvalue weighted by atomic mass is 10.1. The van der Waals surface area contributed by atoms with Gasteiger partial charge in [0, 0.05) is 31.4 Å². The van der Waals surface area contributed by atoms with Crippen LogP contribution in [0.25, 0.3) is 0 Å². The molecule has 0 aliphatic carbocycles. The van der Waals surface area contributed by atoms with E-state index in [4.69, 9.17) is 0 Å². The molecule has 0 saturated heterocycles. The minimum atomic E-state index is -0.382. The van der Waals surface area contributed by atoms with Crippen LogP contribution in [0.5, 0.6) is 0 Å². The van der Waals surface area contributed by atoms with Crippen LogP contribution in [0, 0.1) is 10.1 Å². The number of nitro groups is 1. The molecule has 0 aliphatic heterocycles. The lowest BCUT2D eigenvalue weighted by Crippen LogP contribution is -2.27. The third kappa shape index (κ3) is 4.07. The molecule has 0 aromatic heterocycles. The van der Waals surface area contributed by atoms with Gasteiger partial charge >= 0.3 is 0 Å². The molecule has 0 heterocycles. The van der Waals surface area contributed by atoms with Crippen molar-refractivity contribution in [1.82, 2.24) is 5.01 Å². The van der Waals surface area contributed by atoms with E-state index >= 15 is 0 Å². The molecule has 0 radical (unpaired) electrons.